The predicted octanol–water partition coefficient (Wildman–Crippen LogP) is 2.79. The molecular weight excluding hydrogens is 436 g/mol. The number of hydrogen-bond acceptors (Lipinski definition) is 9. The van der Waals surface area contributed by atoms with E-state index in [0.29, 0.717) is 17.9 Å². The van der Waals surface area contributed by atoms with Gasteiger partial charge in [-0.25, -0.2) is 0 Å². The Morgan fingerprint density at radius 2 is 1.91 bits per heavy atom. The average molecular weight is 467 g/mol. The van der Waals surface area contributed by atoms with Crippen LogP contribution in [0.1, 0.15) is 24.2 Å². The van der Waals surface area contributed by atoms with Gasteiger partial charge in [-0.15, -0.1) is 5.10 Å². The molecule has 1 saturated heterocycles. The van der Waals surface area contributed by atoms with Gasteiger partial charge in [-0.1, -0.05) is 6.07 Å². The van der Waals surface area contributed by atoms with Gasteiger partial charge in [0.05, 0.1) is 19.3 Å². The molecule has 0 aliphatic carbocycles. The predicted molar refractivity (Wildman–Crippen MR) is 129 cm³/mol. The van der Waals surface area contributed by atoms with Gasteiger partial charge >= 0.3 is 0 Å². The monoisotopic (exact) mass is 466 g/mol. The third-order valence-corrected chi connectivity index (χ3v) is 5.17. The first-order valence-electron chi connectivity index (χ1n) is 11.3. The molecule has 1 aliphatic heterocycles. The molecule has 0 amide bonds. The molecule has 2 heterocycles. The van der Waals surface area contributed by atoms with E-state index in [-0.39, 0.29) is 18.0 Å². The third-order valence-electron chi connectivity index (χ3n) is 5.17. The van der Waals surface area contributed by atoms with Crippen LogP contribution < -0.4 is 20.5 Å². The first kappa shape index (κ1) is 23.5. The largest absolute Gasteiger partial charge is 0.492 e. The molecule has 2 aromatic carbocycles. The molecule has 3 N–H and O–H groups in total. The summed E-state index contributed by atoms with van der Waals surface area (Å²) in [5, 5.41) is 7.29. The molecule has 0 spiro atoms. The van der Waals surface area contributed by atoms with Crippen molar-refractivity contribution in [2.45, 2.75) is 20.0 Å². The first-order valence-corrected chi connectivity index (χ1v) is 11.3. The average Bonchev–Trinajstić information content (AvgIpc) is 3.20. The zero-order valence-corrected chi connectivity index (χ0v) is 19.4. The summed E-state index contributed by atoms with van der Waals surface area (Å²) >= 11 is 0. The molecular formula is C24H30N6O4. The maximum absolute atomic E-state index is 12.9. The molecule has 1 aliphatic rings. The Morgan fingerprint density at radius 3 is 2.65 bits per heavy atom. The molecule has 34 heavy (non-hydrogen) atoms. The lowest BCUT2D eigenvalue weighted by atomic mass is 10.2. The van der Waals surface area contributed by atoms with E-state index in [2.05, 4.69) is 20.3 Å². The van der Waals surface area contributed by atoms with Gasteiger partial charge in [0, 0.05) is 30.9 Å². The Morgan fingerprint density at radius 1 is 1.15 bits per heavy atom. The Hall–Kier alpha value is -3.63. The quantitative estimate of drug-likeness (QED) is 0.491. The van der Waals surface area contributed by atoms with Crippen LogP contribution in [-0.2, 0) is 4.74 Å². The van der Waals surface area contributed by atoms with Gasteiger partial charge in [-0.3, -0.25) is 9.69 Å². The van der Waals surface area contributed by atoms with Crippen LogP contribution in [0.3, 0.4) is 0 Å². The molecule has 10 nitrogen and oxygen atoms in total. The Bertz CT molecular complexity index is 1090. The normalized spacial score (nSPS) is 14.2. The highest BCUT2D eigenvalue weighted by Gasteiger charge is 2.17. The zero-order chi connectivity index (χ0) is 23.9. The number of carbonyl (C=O) groups is 1. The van der Waals surface area contributed by atoms with Crippen LogP contribution in [0.4, 0.5) is 17.6 Å². The van der Waals surface area contributed by atoms with Gasteiger partial charge in [0.1, 0.15) is 18.1 Å². The number of nitrogens with one attached hydrogen (secondary N) is 1. The van der Waals surface area contributed by atoms with Crippen LogP contribution in [-0.4, -0.2) is 71.1 Å². The van der Waals surface area contributed by atoms with Gasteiger partial charge in [-0.05, 0) is 56.3 Å². The number of morpholine rings is 1. The molecule has 4 rings (SSSR count). The fourth-order valence-corrected chi connectivity index (χ4v) is 3.50. The summed E-state index contributed by atoms with van der Waals surface area (Å²) in [4.78, 5) is 19.4. The van der Waals surface area contributed by atoms with Crippen molar-refractivity contribution in [1.82, 2.24) is 19.7 Å². The topological polar surface area (TPSA) is 117 Å². The van der Waals surface area contributed by atoms with Crippen molar-refractivity contribution < 1.29 is 19.0 Å². The molecule has 1 aromatic heterocycles. The molecule has 0 unspecified atom stereocenters. The number of nitrogen functional groups attached to an aromatic ring is 1. The summed E-state index contributed by atoms with van der Waals surface area (Å²) in [6.45, 7) is 8.76. The SMILES string of the molecule is CC(C)Oc1cccc(C(=O)n2nc(Nc3ccc(OCCN4CCOCC4)cc3)nc2N)c1. The van der Waals surface area contributed by atoms with E-state index in [1.165, 1.54) is 0 Å². The highest BCUT2D eigenvalue weighted by Crippen LogP contribution is 2.20. The smallest absolute Gasteiger partial charge is 0.281 e. The van der Waals surface area contributed by atoms with E-state index in [4.69, 9.17) is 19.9 Å². The summed E-state index contributed by atoms with van der Waals surface area (Å²) in [7, 11) is 0. The number of anilines is 3. The van der Waals surface area contributed by atoms with Crippen molar-refractivity contribution in [3.63, 3.8) is 0 Å². The van der Waals surface area contributed by atoms with Gasteiger partial charge < -0.3 is 25.3 Å². The summed E-state index contributed by atoms with van der Waals surface area (Å²) < 4.78 is 17.9. The first-order chi connectivity index (χ1) is 16.5. The Balaban J connectivity index is 1.34. The van der Waals surface area contributed by atoms with Gasteiger partial charge in [-0.2, -0.15) is 9.67 Å². The van der Waals surface area contributed by atoms with E-state index in [9.17, 15) is 4.79 Å². The zero-order valence-electron chi connectivity index (χ0n) is 19.4. The minimum Gasteiger partial charge on any atom is -0.492 e. The van der Waals surface area contributed by atoms with Crippen LogP contribution in [0, 0.1) is 0 Å². The standard InChI is InChI=1S/C24H30N6O4/c1-17(2)34-21-5-3-4-18(16-21)22(31)30-23(25)27-24(28-30)26-19-6-8-20(9-7-19)33-15-12-29-10-13-32-14-11-29/h3-9,16-17H,10-15H2,1-2H3,(H3,25,26,27,28). The summed E-state index contributed by atoms with van der Waals surface area (Å²) in [6.07, 6.45) is -0.000785. The minimum atomic E-state index is -0.392. The van der Waals surface area contributed by atoms with Gasteiger partial charge in [0.2, 0.25) is 11.9 Å². The summed E-state index contributed by atoms with van der Waals surface area (Å²) in [6, 6.07) is 14.3. The van der Waals surface area contributed by atoms with E-state index in [0.717, 1.165) is 49.0 Å². The second-order valence-electron chi connectivity index (χ2n) is 8.16. The minimum absolute atomic E-state index is 0.000785. The molecule has 10 heteroatoms. The van der Waals surface area contributed by atoms with E-state index >= 15 is 0 Å². The van der Waals surface area contributed by atoms with E-state index in [1.807, 2.05) is 38.1 Å². The van der Waals surface area contributed by atoms with Gasteiger partial charge in [0.25, 0.3) is 5.91 Å². The second kappa shape index (κ2) is 11.0. The van der Waals surface area contributed by atoms with Gasteiger partial charge in [0.15, 0.2) is 0 Å². The van der Waals surface area contributed by atoms with Crippen LogP contribution in [0.5, 0.6) is 11.5 Å². The van der Waals surface area contributed by atoms with E-state index in [1.54, 1.807) is 24.3 Å². The molecule has 0 saturated carbocycles. The van der Waals surface area contributed by atoms with Crippen LogP contribution in [0.15, 0.2) is 48.5 Å². The molecule has 180 valence electrons. The fraction of sp³-hybridized carbons (Fsp3) is 0.375. The third kappa shape index (κ3) is 6.24. The molecule has 0 radical (unpaired) electrons. The number of benzene rings is 2. The maximum Gasteiger partial charge on any atom is 0.281 e. The van der Waals surface area contributed by atoms with Crippen molar-refractivity contribution in [3.05, 3.63) is 54.1 Å². The summed E-state index contributed by atoms with van der Waals surface area (Å²) in [5.41, 5.74) is 7.11. The van der Waals surface area contributed by atoms with Crippen molar-refractivity contribution >= 4 is 23.5 Å². The lowest BCUT2D eigenvalue weighted by molar-refractivity contribution is 0.0322. The van der Waals surface area contributed by atoms with Crippen LogP contribution in [0.2, 0.25) is 0 Å². The van der Waals surface area contributed by atoms with Crippen LogP contribution in [0.25, 0.3) is 0 Å². The number of aromatic nitrogens is 3. The van der Waals surface area contributed by atoms with E-state index < -0.39 is 5.91 Å². The summed E-state index contributed by atoms with van der Waals surface area (Å²) in [5.74, 6) is 1.20. The number of hydrogen-bond donors (Lipinski definition) is 2. The Labute approximate surface area is 198 Å². The van der Waals surface area contributed by atoms with Crippen molar-refractivity contribution in [1.29, 1.82) is 0 Å². The maximum atomic E-state index is 12.9. The lowest BCUT2D eigenvalue weighted by Gasteiger charge is -2.26. The van der Waals surface area contributed by atoms with Crippen molar-refractivity contribution in [3.8, 4) is 11.5 Å². The second-order valence-corrected chi connectivity index (χ2v) is 8.16. The van der Waals surface area contributed by atoms with Crippen molar-refractivity contribution in [2.24, 2.45) is 0 Å². The number of nitrogens with two attached hydrogens (primary N) is 1. The number of rotatable bonds is 9. The highest BCUT2D eigenvalue weighted by atomic mass is 16.5. The number of carbonyl (C=O) groups excluding carboxylic acids is 1. The lowest BCUT2D eigenvalue weighted by Crippen LogP contribution is -2.38. The fourth-order valence-electron chi connectivity index (χ4n) is 3.50. The van der Waals surface area contributed by atoms with Crippen molar-refractivity contribution in [2.75, 3.05) is 50.5 Å². The molecule has 0 bridgehead atoms. The number of nitrogens with zero attached hydrogens (tertiary/aromatic N) is 4. The number of ether oxygens (including phenoxy) is 3. The molecule has 0 atom stereocenters. The van der Waals surface area contributed by atoms with Crippen LogP contribution >= 0.6 is 0 Å². The molecule has 3 aromatic rings. The Kier molecular flexibility index (Phi) is 7.61. The molecule has 1 fully saturated rings. The highest BCUT2D eigenvalue weighted by molar-refractivity contribution is 5.97.